The molecule has 0 aliphatic carbocycles. The van der Waals surface area contributed by atoms with Crippen molar-refractivity contribution in [3.63, 3.8) is 0 Å². The van der Waals surface area contributed by atoms with Gasteiger partial charge in [-0.15, -0.1) is 0 Å². The fraction of sp³-hybridized carbons (Fsp3) is 0.250. The van der Waals surface area contributed by atoms with Gasteiger partial charge < -0.3 is 0 Å². The minimum absolute atomic E-state index is 1.00. The van der Waals surface area contributed by atoms with Crippen molar-refractivity contribution in [2.75, 3.05) is 0 Å². The Morgan fingerprint density at radius 3 is 1.55 bits per heavy atom. The molecule has 4 heteroatoms. The highest BCUT2D eigenvalue weighted by molar-refractivity contribution is 5.74. The Bertz CT molecular complexity index is 703. The van der Waals surface area contributed by atoms with Crippen molar-refractivity contribution in [2.24, 2.45) is 14.1 Å². The lowest BCUT2D eigenvalue weighted by molar-refractivity contribution is 0.770. The Balaban J connectivity index is 2.17. The van der Waals surface area contributed by atoms with E-state index in [1.54, 1.807) is 0 Å². The molecule has 0 aliphatic heterocycles. The van der Waals surface area contributed by atoms with E-state index in [1.165, 1.54) is 11.1 Å². The predicted molar refractivity (Wildman–Crippen MR) is 80.3 cm³/mol. The third kappa shape index (κ3) is 2.13. The molecule has 3 aromatic rings. The predicted octanol–water partition coefficient (Wildman–Crippen LogP) is 3.10. The number of benzene rings is 1. The molecule has 0 unspecified atom stereocenters. The quantitative estimate of drug-likeness (QED) is 0.714. The second-order valence-electron chi connectivity index (χ2n) is 5.23. The van der Waals surface area contributed by atoms with Crippen LogP contribution in [0.3, 0.4) is 0 Å². The van der Waals surface area contributed by atoms with Crippen molar-refractivity contribution >= 4 is 0 Å². The van der Waals surface area contributed by atoms with Crippen LogP contribution in [0.5, 0.6) is 0 Å². The summed E-state index contributed by atoms with van der Waals surface area (Å²) in [4.78, 5) is 0. The van der Waals surface area contributed by atoms with E-state index in [2.05, 4.69) is 36.2 Å². The summed E-state index contributed by atoms with van der Waals surface area (Å²) >= 11 is 0. The van der Waals surface area contributed by atoms with Crippen LogP contribution >= 0.6 is 0 Å². The third-order valence-electron chi connectivity index (χ3n) is 3.55. The average Bonchev–Trinajstić information content (AvgIpc) is 2.99. The van der Waals surface area contributed by atoms with Gasteiger partial charge >= 0.3 is 0 Å². The fourth-order valence-electron chi connectivity index (χ4n) is 2.52. The second-order valence-corrected chi connectivity index (χ2v) is 5.23. The minimum atomic E-state index is 1.00. The standard InChI is InChI=1S/C16H18N4/c1-11-9-12(2)14(16-6-8-20(4)18-16)10-13(11)15-5-7-19(3)17-15/h5-10H,1-4H3. The van der Waals surface area contributed by atoms with Crippen molar-refractivity contribution in [1.82, 2.24) is 19.6 Å². The monoisotopic (exact) mass is 266 g/mol. The third-order valence-corrected chi connectivity index (χ3v) is 3.55. The molecule has 102 valence electrons. The molecular weight excluding hydrogens is 248 g/mol. The van der Waals surface area contributed by atoms with Gasteiger partial charge in [0.15, 0.2) is 0 Å². The lowest BCUT2D eigenvalue weighted by Crippen LogP contribution is -1.94. The van der Waals surface area contributed by atoms with Gasteiger partial charge in [0.05, 0.1) is 11.4 Å². The minimum Gasteiger partial charge on any atom is -0.275 e. The Hall–Kier alpha value is -2.36. The first-order valence-corrected chi connectivity index (χ1v) is 6.66. The van der Waals surface area contributed by atoms with Gasteiger partial charge in [-0.1, -0.05) is 6.07 Å². The summed E-state index contributed by atoms with van der Waals surface area (Å²) < 4.78 is 3.66. The van der Waals surface area contributed by atoms with E-state index < -0.39 is 0 Å². The highest BCUT2D eigenvalue weighted by Crippen LogP contribution is 2.30. The molecule has 0 saturated heterocycles. The van der Waals surface area contributed by atoms with E-state index in [9.17, 15) is 0 Å². The number of hydrogen-bond acceptors (Lipinski definition) is 2. The average molecular weight is 266 g/mol. The Morgan fingerprint density at radius 1 is 0.750 bits per heavy atom. The van der Waals surface area contributed by atoms with Crippen molar-refractivity contribution in [1.29, 1.82) is 0 Å². The number of aryl methyl sites for hydroxylation is 4. The zero-order valence-electron chi connectivity index (χ0n) is 12.3. The van der Waals surface area contributed by atoms with Crippen LogP contribution in [0.2, 0.25) is 0 Å². The SMILES string of the molecule is Cc1cc(C)c(-c2ccn(C)n2)cc1-c1ccn(C)n1. The maximum atomic E-state index is 4.50. The fourth-order valence-corrected chi connectivity index (χ4v) is 2.52. The first kappa shape index (κ1) is 12.7. The summed E-state index contributed by atoms with van der Waals surface area (Å²) in [5.74, 6) is 0. The first-order chi connectivity index (χ1) is 9.54. The molecule has 0 atom stereocenters. The van der Waals surface area contributed by atoms with E-state index in [0.29, 0.717) is 0 Å². The van der Waals surface area contributed by atoms with E-state index in [4.69, 9.17) is 0 Å². The van der Waals surface area contributed by atoms with Crippen LogP contribution in [0, 0.1) is 13.8 Å². The van der Waals surface area contributed by atoms with Gasteiger partial charge in [-0.25, -0.2) is 0 Å². The second kappa shape index (κ2) is 4.63. The van der Waals surface area contributed by atoms with Gasteiger partial charge in [0, 0.05) is 37.6 Å². The molecule has 0 saturated carbocycles. The Labute approximate surface area is 118 Å². The summed E-state index contributed by atoms with van der Waals surface area (Å²) in [6.45, 7) is 4.25. The van der Waals surface area contributed by atoms with E-state index in [0.717, 1.165) is 22.5 Å². The number of aromatic nitrogens is 4. The molecule has 3 rings (SSSR count). The zero-order valence-corrected chi connectivity index (χ0v) is 12.3. The van der Waals surface area contributed by atoms with E-state index in [-0.39, 0.29) is 0 Å². The summed E-state index contributed by atoms with van der Waals surface area (Å²) in [7, 11) is 3.87. The van der Waals surface area contributed by atoms with Gasteiger partial charge in [-0.2, -0.15) is 10.2 Å². The van der Waals surface area contributed by atoms with Crippen LogP contribution < -0.4 is 0 Å². The number of nitrogens with zero attached hydrogens (tertiary/aromatic N) is 4. The van der Waals surface area contributed by atoms with Gasteiger partial charge in [-0.05, 0) is 43.2 Å². The number of hydrogen-bond donors (Lipinski definition) is 0. The molecule has 2 heterocycles. The molecule has 2 aromatic heterocycles. The molecule has 0 bridgehead atoms. The van der Waals surface area contributed by atoms with Gasteiger partial charge in [-0.3, -0.25) is 9.36 Å². The van der Waals surface area contributed by atoms with Crippen molar-refractivity contribution in [2.45, 2.75) is 13.8 Å². The Morgan fingerprint density at radius 2 is 1.20 bits per heavy atom. The maximum absolute atomic E-state index is 4.50. The first-order valence-electron chi connectivity index (χ1n) is 6.66. The van der Waals surface area contributed by atoms with Crippen LogP contribution in [0.4, 0.5) is 0 Å². The molecule has 0 radical (unpaired) electrons. The molecule has 20 heavy (non-hydrogen) atoms. The largest absolute Gasteiger partial charge is 0.275 e. The van der Waals surface area contributed by atoms with Gasteiger partial charge in [0.25, 0.3) is 0 Å². The maximum Gasteiger partial charge on any atom is 0.0925 e. The summed E-state index contributed by atoms with van der Waals surface area (Å²) in [5, 5.41) is 9.00. The topological polar surface area (TPSA) is 35.6 Å². The molecule has 0 N–H and O–H groups in total. The van der Waals surface area contributed by atoms with Crippen LogP contribution in [0.15, 0.2) is 36.7 Å². The highest BCUT2D eigenvalue weighted by Gasteiger charge is 2.11. The summed E-state index contributed by atoms with van der Waals surface area (Å²) in [5.41, 5.74) is 6.81. The van der Waals surface area contributed by atoms with Crippen molar-refractivity contribution in [3.8, 4) is 22.5 Å². The molecule has 0 amide bonds. The molecule has 0 fully saturated rings. The lowest BCUT2D eigenvalue weighted by Gasteiger charge is -2.09. The highest BCUT2D eigenvalue weighted by atomic mass is 15.3. The van der Waals surface area contributed by atoms with Crippen molar-refractivity contribution < 1.29 is 0 Å². The van der Waals surface area contributed by atoms with E-state index in [1.807, 2.05) is 48.0 Å². The number of rotatable bonds is 2. The molecule has 0 spiro atoms. The zero-order chi connectivity index (χ0) is 14.3. The van der Waals surface area contributed by atoms with Crippen molar-refractivity contribution in [3.05, 3.63) is 47.8 Å². The smallest absolute Gasteiger partial charge is 0.0925 e. The normalized spacial score (nSPS) is 11.0. The van der Waals surface area contributed by atoms with Crippen LogP contribution in [-0.4, -0.2) is 19.6 Å². The molecule has 4 nitrogen and oxygen atoms in total. The summed E-state index contributed by atoms with van der Waals surface area (Å²) in [6.07, 6.45) is 3.93. The van der Waals surface area contributed by atoms with Gasteiger partial charge in [0.1, 0.15) is 0 Å². The molecule has 1 aromatic carbocycles. The Kier molecular flexibility index (Phi) is 2.93. The lowest BCUT2D eigenvalue weighted by atomic mass is 9.96. The molecular formula is C16H18N4. The van der Waals surface area contributed by atoms with E-state index >= 15 is 0 Å². The van der Waals surface area contributed by atoms with Crippen LogP contribution in [0.1, 0.15) is 11.1 Å². The summed E-state index contributed by atoms with van der Waals surface area (Å²) in [6, 6.07) is 8.48. The van der Waals surface area contributed by atoms with Gasteiger partial charge in [0.2, 0.25) is 0 Å². The van der Waals surface area contributed by atoms with Crippen LogP contribution in [-0.2, 0) is 14.1 Å². The van der Waals surface area contributed by atoms with Crippen LogP contribution in [0.25, 0.3) is 22.5 Å². The molecule has 0 aliphatic rings.